The fourth-order valence-corrected chi connectivity index (χ4v) is 11.7. The molecule has 0 radical (unpaired) electrons. The third-order valence-electron chi connectivity index (χ3n) is 12.3. The summed E-state index contributed by atoms with van der Waals surface area (Å²) in [6, 6.07) is 8.52. The standard InChI is InChI=1S/C39H48N8OS2/c1-6-34(48)47-20-19-46(23-28(47)15-17-40)36-29-16-18-45(31-22-41-21-26-10-7-9-25(2)35(26)31)24-30(29)42-33(43-36)14-13-32-39(4,49-32)44(5)37-38(3,50-37)27-11-8-12-27/h6-7,9-10,21-22,27-28,32,37H,1,8,11-16,18-20,23-24H2,2-5H3/t28-,32?,37?,38-,39-/m0/s1. The predicted octanol–water partition coefficient (Wildman–Crippen LogP) is 6.34. The lowest BCUT2D eigenvalue weighted by Gasteiger charge is -2.42. The molecule has 2 unspecified atom stereocenters. The molecule has 4 aliphatic heterocycles. The van der Waals surface area contributed by atoms with Crippen molar-refractivity contribution >= 4 is 51.7 Å². The van der Waals surface area contributed by atoms with Gasteiger partial charge in [-0.05, 0) is 71.1 Å². The van der Waals surface area contributed by atoms with Crippen molar-refractivity contribution in [3.63, 3.8) is 0 Å². The van der Waals surface area contributed by atoms with Crippen LogP contribution in [0.4, 0.5) is 11.5 Å². The molecule has 3 saturated heterocycles. The highest BCUT2D eigenvalue weighted by atomic mass is 32.2. The number of hydrogen-bond donors (Lipinski definition) is 0. The third kappa shape index (κ3) is 5.85. The molecular weight excluding hydrogens is 661 g/mol. The third-order valence-corrected chi connectivity index (χ3v) is 15.9. The molecule has 11 heteroatoms. The highest BCUT2D eigenvalue weighted by Gasteiger charge is 2.66. The van der Waals surface area contributed by atoms with Crippen LogP contribution in [0.25, 0.3) is 10.8 Å². The minimum absolute atomic E-state index is 0.113. The van der Waals surface area contributed by atoms with Crippen LogP contribution < -0.4 is 9.80 Å². The Balaban J connectivity index is 1.06. The highest BCUT2D eigenvalue weighted by Crippen LogP contribution is 2.68. The Bertz CT molecular complexity index is 1870. The van der Waals surface area contributed by atoms with Gasteiger partial charge in [0.25, 0.3) is 0 Å². The van der Waals surface area contributed by atoms with Gasteiger partial charge in [-0.25, -0.2) is 9.97 Å². The van der Waals surface area contributed by atoms with Crippen LogP contribution in [0.5, 0.6) is 0 Å². The molecule has 5 aliphatic rings. The van der Waals surface area contributed by atoms with Crippen molar-refractivity contribution in [3.05, 3.63) is 65.9 Å². The molecule has 8 rings (SSSR count). The number of piperazine rings is 1. The monoisotopic (exact) mass is 708 g/mol. The maximum atomic E-state index is 12.7. The Morgan fingerprint density at radius 2 is 2.00 bits per heavy atom. The normalized spacial score (nSPS) is 29.0. The molecule has 50 heavy (non-hydrogen) atoms. The molecule has 0 bridgehead atoms. The predicted molar refractivity (Wildman–Crippen MR) is 204 cm³/mol. The lowest BCUT2D eigenvalue weighted by molar-refractivity contribution is -0.128. The molecule has 1 saturated carbocycles. The van der Waals surface area contributed by atoms with E-state index in [-0.39, 0.29) is 23.2 Å². The average molecular weight is 709 g/mol. The number of aryl methyl sites for hydroxylation is 2. The van der Waals surface area contributed by atoms with E-state index in [0.717, 1.165) is 60.1 Å². The van der Waals surface area contributed by atoms with Crippen LogP contribution in [-0.4, -0.2) is 90.2 Å². The minimum atomic E-state index is -0.205. The van der Waals surface area contributed by atoms with Gasteiger partial charge in [-0.1, -0.05) is 31.2 Å². The fourth-order valence-electron chi connectivity index (χ4n) is 8.75. The van der Waals surface area contributed by atoms with E-state index in [0.29, 0.717) is 41.5 Å². The molecule has 4 fully saturated rings. The summed E-state index contributed by atoms with van der Waals surface area (Å²) >= 11 is 4.28. The van der Waals surface area contributed by atoms with Crippen LogP contribution in [0.1, 0.15) is 68.6 Å². The number of carbonyl (C=O) groups is 1. The lowest BCUT2D eigenvalue weighted by Crippen LogP contribution is -2.55. The van der Waals surface area contributed by atoms with Gasteiger partial charge in [-0.3, -0.25) is 14.7 Å². The molecule has 1 aromatic carbocycles. The number of anilines is 2. The maximum Gasteiger partial charge on any atom is 0.246 e. The molecule has 262 valence electrons. The van der Waals surface area contributed by atoms with Crippen molar-refractivity contribution < 1.29 is 4.79 Å². The zero-order valence-electron chi connectivity index (χ0n) is 29.8. The largest absolute Gasteiger partial charge is 0.364 e. The lowest BCUT2D eigenvalue weighted by atomic mass is 9.76. The number of pyridine rings is 1. The zero-order valence-corrected chi connectivity index (χ0v) is 31.4. The Morgan fingerprint density at radius 3 is 2.76 bits per heavy atom. The number of rotatable bonds is 10. The zero-order chi connectivity index (χ0) is 34.8. The number of nitriles is 1. The van der Waals surface area contributed by atoms with E-state index in [9.17, 15) is 10.1 Å². The molecule has 6 heterocycles. The summed E-state index contributed by atoms with van der Waals surface area (Å²) in [4.78, 5) is 37.3. The summed E-state index contributed by atoms with van der Waals surface area (Å²) in [6.07, 6.45) is 12.5. The number of benzene rings is 1. The molecule has 2 aromatic heterocycles. The average Bonchev–Trinajstić information content (AvgIpc) is 3.98. The van der Waals surface area contributed by atoms with E-state index < -0.39 is 0 Å². The summed E-state index contributed by atoms with van der Waals surface area (Å²) in [5, 5.41) is 13.2. The first-order valence-corrected chi connectivity index (χ1v) is 20.0. The van der Waals surface area contributed by atoms with Gasteiger partial charge in [0.2, 0.25) is 5.91 Å². The quantitative estimate of drug-likeness (QED) is 0.176. The van der Waals surface area contributed by atoms with E-state index in [1.807, 2.05) is 12.4 Å². The van der Waals surface area contributed by atoms with Crippen LogP contribution in [0.2, 0.25) is 0 Å². The molecule has 0 spiro atoms. The maximum absolute atomic E-state index is 12.7. The first kappa shape index (κ1) is 33.8. The van der Waals surface area contributed by atoms with E-state index >= 15 is 0 Å². The molecule has 1 aliphatic carbocycles. The van der Waals surface area contributed by atoms with Gasteiger partial charge in [0, 0.05) is 65.1 Å². The van der Waals surface area contributed by atoms with Crippen LogP contribution in [0.15, 0.2) is 43.2 Å². The Morgan fingerprint density at radius 1 is 1.16 bits per heavy atom. The van der Waals surface area contributed by atoms with Crippen molar-refractivity contribution in [1.29, 1.82) is 5.26 Å². The van der Waals surface area contributed by atoms with Crippen LogP contribution >= 0.6 is 23.5 Å². The summed E-state index contributed by atoms with van der Waals surface area (Å²) in [5.74, 6) is 2.65. The highest BCUT2D eigenvalue weighted by molar-refractivity contribution is 8.09. The number of amides is 1. The molecule has 5 atom stereocenters. The molecule has 3 aromatic rings. The van der Waals surface area contributed by atoms with Crippen molar-refractivity contribution in [2.24, 2.45) is 5.92 Å². The van der Waals surface area contributed by atoms with Gasteiger partial charge in [-0.2, -0.15) is 5.26 Å². The van der Waals surface area contributed by atoms with Crippen molar-refractivity contribution in [1.82, 2.24) is 24.8 Å². The molecule has 0 N–H and O–H groups in total. The molecular formula is C39H48N8OS2. The van der Waals surface area contributed by atoms with Crippen LogP contribution in [0.3, 0.4) is 0 Å². The Kier molecular flexibility index (Phi) is 8.80. The van der Waals surface area contributed by atoms with E-state index in [1.165, 1.54) is 41.9 Å². The SMILES string of the molecule is C=CC(=O)N1CCN(c2nc(CCC3S[C@]3(C)N(C)C3S[C@@]3(C)C3CCC3)nc3c2CCN(c2cncc4cccc(C)c24)C3)C[C@@H]1CC#N. The first-order valence-electron chi connectivity index (χ1n) is 18.2. The van der Waals surface area contributed by atoms with Crippen LogP contribution in [-0.2, 0) is 24.2 Å². The van der Waals surface area contributed by atoms with Gasteiger partial charge >= 0.3 is 0 Å². The topological polar surface area (TPSA) is 92.5 Å². The number of fused-ring (bicyclic) bond motifs is 2. The second-order valence-electron chi connectivity index (χ2n) is 15.2. The van der Waals surface area contributed by atoms with Crippen molar-refractivity contribution in [2.45, 2.75) is 98.5 Å². The number of thioether (sulfide) groups is 2. The summed E-state index contributed by atoms with van der Waals surface area (Å²) in [5.41, 5.74) is 4.68. The smallest absolute Gasteiger partial charge is 0.246 e. The van der Waals surface area contributed by atoms with Gasteiger partial charge in [-0.15, -0.1) is 23.5 Å². The second kappa shape index (κ2) is 13.0. The molecule has 9 nitrogen and oxygen atoms in total. The Labute approximate surface area is 304 Å². The summed E-state index contributed by atoms with van der Waals surface area (Å²) < 4.78 is 0.425. The van der Waals surface area contributed by atoms with Crippen molar-refractivity contribution in [3.8, 4) is 6.07 Å². The summed E-state index contributed by atoms with van der Waals surface area (Å²) in [6.45, 7) is 14.1. The summed E-state index contributed by atoms with van der Waals surface area (Å²) in [7, 11) is 2.34. The van der Waals surface area contributed by atoms with E-state index in [2.05, 4.69) is 102 Å². The fraction of sp³-hybridized carbons (Fsp3) is 0.564. The van der Waals surface area contributed by atoms with Crippen LogP contribution in [0, 0.1) is 24.2 Å². The number of hydrogen-bond acceptors (Lipinski definition) is 10. The first-order chi connectivity index (χ1) is 24.1. The number of carbonyl (C=O) groups excluding carboxylic acids is 1. The number of nitrogens with zero attached hydrogens (tertiary/aromatic N) is 8. The Hall–Kier alpha value is -3.33. The molecule has 1 amide bonds. The van der Waals surface area contributed by atoms with Gasteiger partial charge in [0.1, 0.15) is 11.6 Å². The van der Waals surface area contributed by atoms with Gasteiger partial charge in [0.05, 0.1) is 52.9 Å². The minimum Gasteiger partial charge on any atom is -0.364 e. The van der Waals surface area contributed by atoms with Crippen molar-refractivity contribution in [2.75, 3.05) is 43.0 Å². The van der Waals surface area contributed by atoms with Gasteiger partial charge < -0.3 is 14.7 Å². The van der Waals surface area contributed by atoms with Gasteiger partial charge in [0.15, 0.2) is 0 Å². The van der Waals surface area contributed by atoms with E-state index in [1.54, 1.807) is 4.90 Å². The van der Waals surface area contributed by atoms with E-state index in [4.69, 9.17) is 9.97 Å². The number of aromatic nitrogens is 3. The second-order valence-corrected chi connectivity index (χ2v) is 18.4.